The summed E-state index contributed by atoms with van der Waals surface area (Å²) in [5, 5.41) is 8.70. The van der Waals surface area contributed by atoms with Gasteiger partial charge < -0.3 is 9.84 Å². The normalized spacial score (nSPS) is 10.8. The topological polar surface area (TPSA) is 59.4 Å². The van der Waals surface area contributed by atoms with E-state index in [1.807, 2.05) is 0 Å². The van der Waals surface area contributed by atoms with Gasteiger partial charge in [-0.05, 0) is 30.9 Å². The number of pyridine rings is 1. The third kappa shape index (κ3) is 5.45. The summed E-state index contributed by atoms with van der Waals surface area (Å²) < 4.78 is 5.46. The monoisotopic (exact) mass is 237 g/mol. The minimum atomic E-state index is -0.957. The van der Waals surface area contributed by atoms with Crippen LogP contribution in [0.3, 0.4) is 0 Å². The first-order chi connectivity index (χ1) is 8.09. The number of rotatable bonds is 7. The van der Waals surface area contributed by atoms with Crippen molar-refractivity contribution in [2.75, 3.05) is 6.61 Å². The largest absolute Gasteiger partial charge is 0.478 e. The molecule has 94 valence electrons. The van der Waals surface area contributed by atoms with E-state index in [2.05, 4.69) is 18.8 Å². The van der Waals surface area contributed by atoms with Crippen molar-refractivity contribution < 1.29 is 14.6 Å². The van der Waals surface area contributed by atoms with Gasteiger partial charge in [-0.1, -0.05) is 13.8 Å². The Labute approximate surface area is 102 Å². The molecule has 0 aliphatic carbocycles. The van der Waals surface area contributed by atoms with Crippen molar-refractivity contribution in [1.29, 1.82) is 0 Å². The van der Waals surface area contributed by atoms with Gasteiger partial charge in [0, 0.05) is 12.8 Å². The second-order valence-electron chi connectivity index (χ2n) is 4.43. The Morgan fingerprint density at radius 3 is 2.76 bits per heavy atom. The van der Waals surface area contributed by atoms with Crippen molar-refractivity contribution in [3.8, 4) is 0 Å². The predicted molar refractivity (Wildman–Crippen MR) is 64.9 cm³/mol. The molecule has 0 spiro atoms. The molecule has 1 N–H and O–H groups in total. The number of ether oxygens (including phenoxy) is 1. The zero-order valence-corrected chi connectivity index (χ0v) is 10.3. The fourth-order valence-electron chi connectivity index (χ4n) is 1.41. The highest BCUT2D eigenvalue weighted by Crippen LogP contribution is 2.05. The number of hydrogen-bond acceptors (Lipinski definition) is 3. The Bertz CT molecular complexity index is 346. The molecule has 0 radical (unpaired) electrons. The summed E-state index contributed by atoms with van der Waals surface area (Å²) in [4.78, 5) is 14.6. The maximum Gasteiger partial charge on any atom is 0.337 e. The molecule has 4 nitrogen and oxygen atoms in total. The van der Waals surface area contributed by atoms with Crippen molar-refractivity contribution in [2.24, 2.45) is 5.92 Å². The Kier molecular flexibility index (Phi) is 5.63. The average molecular weight is 237 g/mol. The van der Waals surface area contributed by atoms with Gasteiger partial charge in [0.05, 0.1) is 17.9 Å². The van der Waals surface area contributed by atoms with Crippen LogP contribution in [0.5, 0.6) is 0 Å². The van der Waals surface area contributed by atoms with Gasteiger partial charge in [0.15, 0.2) is 0 Å². The third-order valence-corrected chi connectivity index (χ3v) is 2.39. The van der Waals surface area contributed by atoms with Crippen molar-refractivity contribution >= 4 is 5.97 Å². The van der Waals surface area contributed by atoms with Crippen molar-refractivity contribution in [3.05, 3.63) is 29.6 Å². The molecule has 1 rings (SSSR count). The molecule has 1 aromatic heterocycles. The van der Waals surface area contributed by atoms with E-state index >= 15 is 0 Å². The van der Waals surface area contributed by atoms with E-state index in [0.717, 1.165) is 25.1 Å². The SMILES string of the molecule is CC(C)CCCOCc1ccc(C(=O)O)cn1. The van der Waals surface area contributed by atoms with Crippen LogP contribution in [-0.2, 0) is 11.3 Å². The summed E-state index contributed by atoms with van der Waals surface area (Å²) >= 11 is 0. The first-order valence-electron chi connectivity index (χ1n) is 5.85. The molecule has 0 aromatic carbocycles. The molecule has 0 aliphatic rings. The molecule has 4 heteroatoms. The number of nitrogens with zero attached hydrogens (tertiary/aromatic N) is 1. The molecule has 0 amide bonds. The zero-order chi connectivity index (χ0) is 12.7. The quantitative estimate of drug-likeness (QED) is 0.741. The highest BCUT2D eigenvalue weighted by Gasteiger charge is 2.02. The smallest absolute Gasteiger partial charge is 0.337 e. The third-order valence-electron chi connectivity index (χ3n) is 2.39. The lowest BCUT2D eigenvalue weighted by molar-refractivity contribution is 0.0696. The van der Waals surface area contributed by atoms with Crippen LogP contribution in [0.15, 0.2) is 18.3 Å². The second-order valence-corrected chi connectivity index (χ2v) is 4.43. The summed E-state index contributed by atoms with van der Waals surface area (Å²) in [5.74, 6) is -0.256. The van der Waals surface area contributed by atoms with Gasteiger partial charge in [-0.3, -0.25) is 4.98 Å². The molecule has 17 heavy (non-hydrogen) atoms. The van der Waals surface area contributed by atoms with Gasteiger partial charge in [-0.15, -0.1) is 0 Å². The summed E-state index contributed by atoms with van der Waals surface area (Å²) in [6, 6.07) is 3.23. The first-order valence-corrected chi connectivity index (χ1v) is 5.85. The van der Waals surface area contributed by atoms with E-state index in [4.69, 9.17) is 9.84 Å². The molecule has 0 bridgehead atoms. The minimum absolute atomic E-state index is 0.202. The Hall–Kier alpha value is -1.42. The predicted octanol–water partition coefficient (Wildman–Crippen LogP) is 2.73. The number of aromatic nitrogens is 1. The highest BCUT2D eigenvalue weighted by atomic mass is 16.5. The molecule has 0 unspecified atom stereocenters. The summed E-state index contributed by atoms with van der Waals surface area (Å²) in [7, 11) is 0. The lowest BCUT2D eigenvalue weighted by Gasteiger charge is -2.05. The van der Waals surface area contributed by atoms with Crippen LogP contribution in [0.4, 0.5) is 0 Å². The standard InChI is InChI=1S/C13H19NO3/c1-10(2)4-3-7-17-9-12-6-5-11(8-14-12)13(15)16/h5-6,8,10H,3-4,7,9H2,1-2H3,(H,15,16). The Morgan fingerprint density at radius 1 is 1.47 bits per heavy atom. The van der Waals surface area contributed by atoms with Crippen LogP contribution in [0.1, 0.15) is 42.7 Å². The number of carbonyl (C=O) groups is 1. The lowest BCUT2D eigenvalue weighted by atomic mass is 10.1. The molecule has 1 heterocycles. The molecule has 1 aromatic rings. The van der Waals surface area contributed by atoms with Gasteiger partial charge in [0.25, 0.3) is 0 Å². The van der Waals surface area contributed by atoms with Crippen LogP contribution >= 0.6 is 0 Å². The first kappa shape index (κ1) is 13.6. The van der Waals surface area contributed by atoms with E-state index in [-0.39, 0.29) is 5.56 Å². The Balaban J connectivity index is 2.25. The van der Waals surface area contributed by atoms with Crippen LogP contribution in [0.2, 0.25) is 0 Å². The van der Waals surface area contributed by atoms with E-state index in [1.165, 1.54) is 6.20 Å². The minimum Gasteiger partial charge on any atom is -0.478 e. The molecule has 0 fully saturated rings. The van der Waals surface area contributed by atoms with Gasteiger partial charge >= 0.3 is 5.97 Å². The van der Waals surface area contributed by atoms with Crippen LogP contribution in [0.25, 0.3) is 0 Å². The van der Waals surface area contributed by atoms with Gasteiger partial charge in [-0.2, -0.15) is 0 Å². The fraction of sp³-hybridized carbons (Fsp3) is 0.538. The summed E-state index contributed by atoms with van der Waals surface area (Å²) in [6.07, 6.45) is 3.56. The van der Waals surface area contributed by atoms with Crippen LogP contribution in [0, 0.1) is 5.92 Å². The second kappa shape index (κ2) is 7.01. The van der Waals surface area contributed by atoms with Gasteiger partial charge in [-0.25, -0.2) is 4.79 Å². The summed E-state index contributed by atoms with van der Waals surface area (Å²) in [5.41, 5.74) is 0.966. The molecule has 0 atom stereocenters. The van der Waals surface area contributed by atoms with Crippen molar-refractivity contribution in [1.82, 2.24) is 4.98 Å². The zero-order valence-electron chi connectivity index (χ0n) is 10.3. The molecular formula is C13H19NO3. The number of aromatic carboxylic acids is 1. The maximum atomic E-state index is 10.6. The Morgan fingerprint density at radius 2 is 2.24 bits per heavy atom. The molecule has 0 saturated carbocycles. The van der Waals surface area contributed by atoms with E-state index in [0.29, 0.717) is 12.5 Å². The molecular weight excluding hydrogens is 218 g/mol. The van der Waals surface area contributed by atoms with Crippen LogP contribution in [-0.4, -0.2) is 22.7 Å². The maximum absolute atomic E-state index is 10.6. The number of carboxylic acids is 1. The fourth-order valence-corrected chi connectivity index (χ4v) is 1.41. The van der Waals surface area contributed by atoms with Crippen molar-refractivity contribution in [3.63, 3.8) is 0 Å². The van der Waals surface area contributed by atoms with E-state index < -0.39 is 5.97 Å². The van der Waals surface area contributed by atoms with E-state index in [1.54, 1.807) is 12.1 Å². The number of carboxylic acid groups (broad SMARTS) is 1. The van der Waals surface area contributed by atoms with Crippen LogP contribution < -0.4 is 0 Å². The van der Waals surface area contributed by atoms with Crippen molar-refractivity contribution in [2.45, 2.75) is 33.3 Å². The molecule has 0 aliphatic heterocycles. The van der Waals surface area contributed by atoms with Gasteiger partial charge in [0.2, 0.25) is 0 Å². The highest BCUT2D eigenvalue weighted by molar-refractivity contribution is 5.87. The number of hydrogen-bond donors (Lipinski definition) is 1. The summed E-state index contributed by atoms with van der Waals surface area (Å²) in [6.45, 7) is 5.54. The molecule has 0 saturated heterocycles. The van der Waals surface area contributed by atoms with Gasteiger partial charge in [0.1, 0.15) is 0 Å². The lowest BCUT2D eigenvalue weighted by Crippen LogP contribution is -2.01. The average Bonchev–Trinajstić information content (AvgIpc) is 2.29. The van der Waals surface area contributed by atoms with E-state index in [9.17, 15) is 4.79 Å².